The zero-order chi connectivity index (χ0) is 61.9. The van der Waals surface area contributed by atoms with Gasteiger partial charge in [-0.3, -0.25) is 14.4 Å². The second-order valence-corrected chi connectivity index (χ2v) is 31.0. The molecule has 4 saturated carbocycles. The molecule has 2 bridgehead atoms. The molecule has 6 fully saturated rings. The number of nitrogens with two attached hydrogens (primary N) is 1. The van der Waals surface area contributed by atoms with Crippen molar-refractivity contribution < 1.29 is 54.9 Å². The highest BCUT2D eigenvalue weighted by molar-refractivity contribution is 8.76. The van der Waals surface area contributed by atoms with Crippen LogP contribution in [0.5, 0.6) is 5.75 Å². The Morgan fingerprint density at radius 1 is 0.920 bits per heavy atom. The van der Waals surface area contributed by atoms with Crippen LogP contribution in [0, 0.1) is 93.7 Å². The maximum absolute atomic E-state index is 16.2. The molecule has 0 spiro atoms. The number of carbonyl (C=O) groups is 3. The van der Waals surface area contributed by atoms with Crippen LogP contribution in [0.1, 0.15) is 133 Å². The Morgan fingerprint density at radius 2 is 1.70 bits per heavy atom. The number of aliphatic hydroxyl groups is 6. The number of allylic oxidation sites excluding steroid dienone is 3. The molecule has 0 amide bonds. The zero-order valence-electron chi connectivity index (χ0n) is 51.1. The molecular weight excluding hydrogens is 1150 g/mol. The van der Waals surface area contributed by atoms with Crippen LogP contribution in [0.2, 0.25) is 0 Å². The number of esters is 1. The molecule has 7 aliphatic carbocycles. The number of ketones is 2. The Morgan fingerprint density at radius 3 is 2.47 bits per heavy atom. The smallest absolute Gasteiger partial charge is 0.313 e. The minimum Gasteiger partial charge on any atom is -0.508 e. The first-order valence-corrected chi connectivity index (χ1v) is 35.0. The van der Waals surface area contributed by atoms with E-state index in [-0.39, 0.29) is 135 Å². The number of nitrogens with one attached hydrogen (secondary N) is 3. The Hall–Kier alpha value is -5.10. The molecule has 3 aromatic rings. The van der Waals surface area contributed by atoms with E-state index in [9.17, 15) is 45.3 Å². The lowest BCUT2D eigenvalue weighted by Crippen LogP contribution is -2.67. The van der Waals surface area contributed by atoms with Crippen molar-refractivity contribution in [2.45, 2.75) is 152 Å². The average molecular weight is 1240 g/mol. The second kappa shape index (κ2) is 25.5. The highest BCUT2D eigenvalue weighted by atomic mass is 33.1. The Bertz CT molecular complexity index is 3200. The maximum atomic E-state index is 16.2. The Balaban J connectivity index is 1.01. The number of phenols is 1. The van der Waals surface area contributed by atoms with Crippen molar-refractivity contribution >= 4 is 45.1 Å². The number of fused-ring (bicyclic) bond motifs is 10. The molecule has 474 valence electrons. The second-order valence-electron chi connectivity index (χ2n) is 28.5. The van der Waals surface area contributed by atoms with E-state index in [0.717, 1.165) is 36.0 Å². The third-order valence-electron chi connectivity index (χ3n) is 23.6. The lowest BCUT2D eigenvalue weighted by atomic mass is 9.43. The number of guanidine groups is 1. The molecule has 21 atom stereocenters. The molecule has 3 heterocycles. The van der Waals surface area contributed by atoms with Crippen LogP contribution in [-0.2, 0) is 25.7 Å². The van der Waals surface area contributed by atoms with Gasteiger partial charge in [0.15, 0.2) is 17.5 Å². The SMILES string of the molecule is C[C@H]1CCC2=CC[C@H]3[C@H](CO)C[C@@H](O)[C@](C)(O)[C@H]4[C@@H](CC#C[C@H]([C@@H]5COC(=O)[C@@H]5c5cc[nH]c5)C[C@@H]3[C@H]2C1)C[C@@]1(O)C2=C3NCC(=O)C[C@H](c5ccc(O)cc5)CSSC[C@@H]5[C@@H](O)[C@@H](O)C[C@@](C)([C@@H]5C3=O)[C@H]2CC[C@]41CCNC(N)=NCc1ccccc1. The molecule has 12 N–H and O–H groups in total. The zero-order valence-corrected chi connectivity index (χ0v) is 52.7. The third kappa shape index (κ3) is 11.5. The fourth-order valence-corrected chi connectivity index (χ4v) is 22.2. The van der Waals surface area contributed by atoms with Crippen molar-refractivity contribution in [2.75, 3.05) is 37.8 Å². The average Bonchev–Trinajstić information content (AvgIpc) is 1.28. The quantitative estimate of drug-likeness (QED) is 0.0245. The van der Waals surface area contributed by atoms with E-state index < -0.39 is 81.8 Å². The van der Waals surface area contributed by atoms with Crippen LogP contribution in [0.4, 0.5) is 0 Å². The Kier molecular flexibility index (Phi) is 18.3. The summed E-state index contributed by atoms with van der Waals surface area (Å²) in [5.74, 6) is 3.08. The van der Waals surface area contributed by atoms with E-state index in [4.69, 9.17) is 10.5 Å². The van der Waals surface area contributed by atoms with E-state index in [1.165, 1.54) is 16.4 Å². The molecule has 1 aromatic heterocycles. The van der Waals surface area contributed by atoms with Gasteiger partial charge in [-0.2, -0.15) is 0 Å². The number of carbonyl (C=O) groups excluding carboxylic acids is 3. The number of H-pyrrole nitrogens is 1. The number of Topliss-reactive ketones (excluding diaryl/α,β-unsaturated/α-hetero) is 2. The van der Waals surface area contributed by atoms with E-state index in [1.54, 1.807) is 29.9 Å². The van der Waals surface area contributed by atoms with Crippen LogP contribution in [-0.4, -0.2) is 132 Å². The van der Waals surface area contributed by atoms with E-state index in [1.807, 2.05) is 67.8 Å². The first-order valence-electron chi connectivity index (χ1n) is 32.5. The highest BCUT2D eigenvalue weighted by Crippen LogP contribution is 2.73. The molecule has 88 heavy (non-hydrogen) atoms. The number of phenolic OH excluding ortho intramolecular Hbond substituents is 1. The Labute approximate surface area is 525 Å². The first-order chi connectivity index (χ1) is 42.3. The third-order valence-corrected chi connectivity index (χ3v) is 26.2. The van der Waals surface area contributed by atoms with Gasteiger partial charge in [-0.05, 0) is 165 Å². The summed E-state index contributed by atoms with van der Waals surface area (Å²) in [6.07, 6.45) is 7.99. The molecule has 0 unspecified atom stereocenters. The highest BCUT2D eigenvalue weighted by Gasteiger charge is 2.74. The molecule has 2 aliphatic heterocycles. The van der Waals surface area contributed by atoms with Gasteiger partial charge in [0, 0.05) is 90.8 Å². The fourth-order valence-electron chi connectivity index (χ4n) is 19.5. The van der Waals surface area contributed by atoms with Gasteiger partial charge in [0.25, 0.3) is 0 Å². The summed E-state index contributed by atoms with van der Waals surface area (Å²) in [4.78, 5) is 52.6. The van der Waals surface area contributed by atoms with Crippen LogP contribution in [0.3, 0.4) is 0 Å². The monoisotopic (exact) mass is 1240 g/mol. The van der Waals surface area contributed by atoms with Gasteiger partial charge < -0.3 is 61.8 Å². The van der Waals surface area contributed by atoms with Crippen molar-refractivity contribution in [3.8, 4) is 17.6 Å². The molecule has 0 radical (unpaired) electrons. The van der Waals surface area contributed by atoms with Crippen molar-refractivity contribution in [1.82, 2.24) is 15.6 Å². The number of aromatic amines is 1. The van der Waals surface area contributed by atoms with Gasteiger partial charge >= 0.3 is 5.97 Å². The number of aliphatic imine (C=N–C) groups is 1. The molecule has 2 aromatic carbocycles. The molecule has 16 nitrogen and oxygen atoms in total. The predicted molar refractivity (Wildman–Crippen MR) is 340 cm³/mol. The van der Waals surface area contributed by atoms with Gasteiger partial charge in [0.05, 0.1) is 60.8 Å². The molecule has 18 heteroatoms. The lowest BCUT2D eigenvalue weighted by molar-refractivity contribution is -0.194. The standard InChI is InChI=1S/C70H91N5O11S2/c1-39-12-13-42-16-19-50-46(35-76)29-57(80)68(3,84)64-44(11-7-10-43(28-52(50)51(42)26-39)53-36-86-65(83)58(53)45-21-24-72-33-45)30-70(85)60-55(20-22-69(64,70)23-25-73-66(71)75-32-40-8-5-4-6-9-40)67(2)31-56(79)62(81)54-38-88-87-37-47(41-14-17-48(77)18-15-41)27-49(78)34-74-61(60)63(82)59(54)67/h4-6,8-9,14-18,21,24,33,39,43-44,46-47,50-59,62,64,72,74,76-77,79-81,84-85H,11-13,19-20,22-23,25-32,34-38H2,1-3H3,(H3,71,73,75)/t39-,43-,44-,46-,47-,50-,51-,52-,53-,54-,55-,56-,57+,58+,59-,62+,64+,67+,68-,69-,70+/m0/s1. The van der Waals surface area contributed by atoms with Crippen molar-refractivity contribution in [3.05, 3.63) is 113 Å². The van der Waals surface area contributed by atoms with E-state index in [2.05, 4.69) is 45.5 Å². The summed E-state index contributed by atoms with van der Waals surface area (Å²) in [5.41, 5.74) is 5.19. The van der Waals surface area contributed by atoms with E-state index >= 15 is 4.79 Å². The number of cyclic esters (lactones) is 1. The summed E-state index contributed by atoms with van der Waals surface area (Å²) in [5, 5.41) is 95.0. The van der Waals surface area contributed by atoms with Gasteiger partial charge in [-0.15, -0.1) is 5.92 Å². The topological polar surface area (TPSA) is 280 Å². The number of hydrogen-bond acceptors (Lipinski definition) is 15. The normalized spacial score (nSPS) is 41.3. The summed E-state index contributed by atoms with van der Waals surface area (Å²) >= 11 is 0. The largest absolute Gasteiger partial charge is 0.508 e. The summed E-state index contributed by atoms with van der Waals surface area (Å²) < 4.78 is 5.98. The molecule has 2 saturated heterocycles. The van der Waals surface area contributed by atoms with Crippen molar-refractivity contribution in [3.63, 3.8) is 0 Å². The number of ether oxygens (including phenoxy) is 1. The summed E-state index contributed by atoms with van der Waals surface area (Å²) in [6.45, 7) is 6.22. The van der Waals surface area contributed by atoms with Crippen molar-refractivity contribution in [1.29, 1.82) is 0 Å². The number of aromatic nitrogens is 1. The number of rotatable bonds is 9. The van der Waals surface area contributed by atoms with Crippen LogP contribution in [0.15, 0.2) is 101 Å². The lowest BCUT2D eigenvalue weighted by Gasteiger charge is -2.63. The van der Waals surface area contributed by atoms with Gasteiger partial charge in [0.1, 0.15) is 5.75 Å². The van der Waals surface area contributed by atoms with Crippen LogP contribution >= 0.6 is 21.6 Å². The van der Waals surface area contributed by atoms with Gasteiger partial charge in [-0.1, -0.05) is 95.5 Å². The maximum Gasteiger partial charge on any atom is 0.313 e. The fraction of sp³-hybridized carbons (Fsp3) is 0.629. The van der Waals surface area contributed by atoms with E-state index in [0.29, 0.717) is 55.2 Å². The summed E-state index contributed by atoms with van der Waals surface area (Å²) in [6, 6.07) is 18.5. The number of aliphatic hydroxyl groups excluding tert-OH is 4. The number of aromatic hydroxyl groups is 1. The van der Waals surface area contributed by atoms with Crippen LogP contribution in [0.25, 0.3) is 0 Å². The molecule has 9 aliphatic rings. The number of hydrogen-bond donors (Lipinski definition) is 11. The molecule has 12 rings (SSSR count). The first kappa shape index (κ1) is 63.1. The predicted octanol–water partition coefficient (Wildman–Crippen LogP) is 7.69. The van der Waals surface area contributed by atoms with Gasteiger partial charge in [-0.25, -0.2) is 4.99 Å². The summed E-state index contributed by atoms with van der Waals surface area (Å²) in [7, 11) is 3.07. The minimum absolute atomic E-state index is 0.0133. The minimum atomic E-state index is -1.94. The van der Waals surface area contributed by atoms with Gasteiger partial charge in [0.2, 0.25) is 0 Å². The molecular formula is C70H91N5O11S2. The van der Waals surface area contributed by atoms with Crippen molar-refractivity contribution in [2.24, 2.45) is 92.6 Å². The number of benzene rings is 2. The number of nitrogens with zero attached hydrogens (tertiary/aromatic N) is 1. The van der Waals surface area contributed by atoms with Crippen LogP contribution < -0.4 is 16.4 Å².